The number of nitrogen functional groups attached to an aromatic ring is 1. The van der Waals surface area contributed by atoms with Crippen molar-refractivity contribution in [2.75, 3.05) is 5.84 Å². The summed E-state index contributed by atoms with van der Waals surface area (Å²) in [4.78, 5) is 16.9. The van der Waals surface area contributed by atoms with E-state index in [9.17, 15) is 4.79 Å². The molecule has 1 aromatic heterocycles. The van der Waals surface area contributed by atoms with E-state index in [1.165, 1.54) is 28.5 Å². The van der Waals surface area contributed by atoms with E-state index in [1.54, 1.807) is 6.07 Å². The number of rotatable bonds is 3. The van der Waals surface area contributed by atoms with E-state index in [2.05, 4.69) is 53.0 Å². The van der Waals surface area contributed by atoms with Crippen molar-refractivity contribution in [1.82, 2.24) is 9.66 Å². The Bertz CT molecular complexity index is 952. The highest BCUT2D eigenvalue weighted by atomic mass is 79.9. The Balaban J connectivity index is 1.94. The summed E-state index contributed by atoms with van der Waals surface area (Å²) in [5.41, 5.74) is 4.12. The van der Waals surface area contributed by atoms with Gasteiger partial charge in [-0.2, -0.15) is 0 Å². The molecule has 0 unspecified atom stereocenters. The predicted octanol–water partition coefficient (Wildman–Crippen LogP) is 3.78. The van der Waals surface area contributed by atoms with Crippen molar-refractivity contribution >= 4 is 38.6 Å². The summed E-state index contributed by atoms with van der Waals surface area (Å²) in [6, 6.07) is 11.8. The smallest absolute Gasteiger partial charge is 0.280 e. The fourth-order valence-electron chi connectivity index (χ4n) is 2.29. The zero-order valence-electron chi connectivity index (χ0n) is 12.8. The molecule has 2 N–H and O–H groups in total. The first-order valence-electron chi connectivity index (χ1n) is 7.12. The first-order chi connectivity index (χ1) is 11.0. The number of nitrogens with two attached hydrogens (primary N) is 1. The van der Waals surface area contributed by atoms with Crippen LogP contribution in [0.1, 0.15) is 16.7 Å². The van der Waals surface area contributed by atoms with Crippen molar-refractivity contribution in [3.05, 3.63) is 67.9 Å². The number of halogens is 1. The van der Waals surface area contributed by atoms with Gasteiger partial charge in [0, 0.05) is 10.2 Å². The van der Waals surface area contributed by atoms with E-state index >= 15 is 0 Å². The first kappa shape index (κ1) is 16.1. The summed E-state index contributed by atoms with van der Waals surface area (Å²) < 4.78 is 1.96. The van der Waals surface area contributed by atoms with Crippen LogP contribution in [0.2, 0.25) is 0 Å². The van der Waals surface area contributed by atoms with Gasteiger partial charge in [0.15, 0.2) is 5.16 Å². The fraction of sp³-hybridized carbons (Fsp3) is 0.176. The second kappa shape index (κ2) is 6.37. The summed E-state index contributed by atoms with van der Waals surface area (Å²) in [6.07, 6.45) is 0. The molecule has 0 aliphatic rings. The maximum Gasteiger partial charge on any atom is 0.280 e. The van der Waals surface area contributed by atoms with Crippen molar-refractivity contribution < 1.29 is 0 Å². The SMILES string of the molecule is Cc1ccc(CSc2nc3ccc(Br)cc3c(=O)n2N)cc1C. The van der Waals surface area contributed by atoms with Gasteiger partial charge < -0.3 is 5.84 Å². The van der Waals surface area contributed by atoms with Crippen LogP contribution in [0.15, 0.2) is 50.8 Å². The Hall–Kier alpha value is -1.79. The van der Waals surface area contributed by atoms with Crippen LogP contribution in [0.5, 0.6) is 0 Å². The lowest BCUT2D eigenvalue weighted by Gasteiger charge is -2.09. The van der Waals surface area contributed by atoms with Gasteiger partial charge in [0.2, 0.25) is 0 Å². The summed E-state index contributed by atoms with van der Waals surface area (Å²) in [5.74, 6) is 6.64. The molecule has 0 saturated carbocycles. The van der Waals surface area contributed by atoms with Crippen LogP contribution in [0, 0.1) is 13.8 Å². The molecule has 0 amide bonds. The average molecular weight is 390 g/mol. The van der Waals surface area contributed by atoms with E-state index in [4.69, 9.17) is 5.84 Å². The van der Waals surface area contributed by atoms with Gasteiger partial charge in [0.25, 0.3) is 5.56 Å². The van der Waals surface area contributed by atoms with Crippen LogP contribution in [-0.4, -0.2) is 9.66 Å². The van der Waals surface area contributed by atoms with Crippen molar-refractivity contribution in [2.45, 2.75) is 24.8 Å². The quantitative estimate of drug-likeness (QED) is 0.420. The van der Waals surface area contributed by atoms with Crippen LogP contribution < -0.4 is 11.4 Å². The first-order valence-corrected chi connectivity index (χ1v) is 8.90. The van der Waals surface area contributed by atoms with E-state index in [0.717, 1.165) is 9.15 Å². The molecule has 0 aliphatic carbocycles. The second-order valence-electron chi connectivity index (χ2n) is 5.44. The van der Waals surface area contributed by atoms with E-state index in [-0.39, 0.29) is 5.56 Å². The van der Waals surface area contributed by atoms with Crippen LogP contribution in [0.3, 0.4) is 0 Å². The molecule has 0 saturated heterocycles. The topological polar surface area (TPSA) is 60.9 Å². The van der Waals surface area contributed by atoms with Gasteiger partial charge in [-0.25, -0.2) is 9.66 Å². The number of aryl methyl sites for hydroxylation is 2. The summed E-state index contributed by atoms with van der Waals surface area (Å²) >= 11 is 4.82. The Morgan fingerprint density at radius 3 is 2.70 bits per heavy atom. The Labute approximate surface area is 146 Å². The Kier molecular flexibility index (Phi) is 4.46. The Morgan fingerprint density at radius 2 is 1.96 bits per heavy atom. The van der Waals surface area contributed by atoms with Crippen LogP contribution in [0.4, 0.5) is 0 Å². The van der Waals surface area contributed by atoms with E-state index < -0.39 is 0 Å². The highest BCUT2D eigenvalue weighted by Crippen LogP contribution is 2.23. The van der Waals surface area contributed by atoms with Gasteiger partial charge in [-0.3, -0.25) is 4.79 Å². The number of thioether (sulfide) groups is 1. The highest BCUT2D eigenvalue weighted by Gasteiger charge is 2.10. The number of nitrogens with zero attached hydrogens (tertiary/aromatic N) is 2. The molecule has 0 bridgehead atoms. The number of hydrogen-bond acceptors (Lipinski definition) is 4. The van der Waals surface area contributed by atoms with Crippen LogP contribution >= 0.6 is 27.7 Å². The van der Waals surface area contributed by atoms with E-state index in [0.29, 0.717) is 21.8 Å². The molecule has 2 aromatic carbocycles. The zero-order valence-corrected chi connectivity index (χ0v) is 15.2. The van der Waals surface area contributed by atoms with Crippen LogP contribution in [0.25, 0.3) is 10.9 Å². The maximum atomic E-state index is 12.4. The van der Waals surface area contributed by atoms with Crippen LogP contribution in [-0.2, 0) is 5.75 Å². The lowest BCUT2D eigenvalue weighted by atomic mass is 10.1. The third-order valence-corrected chi connectivity index (χ3v) is 5.29. The lowest BCUT2D eigenvalue weighted by molar-refractivity contribution is 0.779. The average Bonchev–Trinajstić information content (AvgIpc) is 2.53. The fourth-order valence-corrected chi connectivity index (χ4v) is 3.51. The predicted molar refractivity (Wildman–Crippen MR) is 99.3 cm³/mol. The van der Waals surface area contributed by atoms with Crippen molar-refractivity contribution in [2.24, 2.45) is 0 Å². The minimum Gasteiger partial charge on any atom is -0.334 e. The second-order valence-corrected chi connectivity index (χ2v) is 7.30. The molecule has 0 atom stereocenters. The van der Waals surface area contributed by atoms with Gasteiger partial charge in [0.1, 0.15) is 0 Å². The van der Waals surface area contributed by atoms with Gasteiger partial charge in [-0.1, -0.05) is 45.9 Å². The molecule has 4 nitrogen and oxygen atoms in total. The number of aromatic nitrogens is 2. The molecule has 0 spiro atoms. The third kappa shape index (κ3) is 3.28. The standard InChI is InChI=1S/C17H16BrN3OS/c1-10-3-4-12(7-11(10)2)9-23-17-20-15-6-5-13(18)8-14(15)16(22)21(17)19/h3-8H,9,19H2,1-2H3. The molecule has 0 radical (unpaired) electrons. The Morgan fingerprint density at radius 1 is 1.17 bits per heavy atom. The summed E-state index contributed by atoms with van der Waals surface area (Å²) in [5, 5.41) is 1.03. The van der Waals surface area contributed by atoms with Crippen molar-refractivity contribution in [3.8, 4) is 0 Å². The van der Waals surface area contributed by atoms with Gasteiger partial charge in [-0.05, 0) is 48.7 Å². The maximum absolute atomic E-state index is 12.4. The molecule has 23 heavy (non-hydrogen) atoms. The molecule has 0 fully saturated rings. The molecule has 0 aliphatic heterocycles. The third-order valence-electron chi connectivity index (χ3n) is 3.77. The lowest BCUT2D eigenvalue weighted by Crippen LogP contribution is -2.29. The highest BCUT2D eigenvalue weighted by molar-refractivity contribution is 9.10. The minimum absolute atomic E-state index is 0.237. The van der Waals surface area contributed by atoms with Crippen molar-refractivity contribution in [1.29, 1.82) is 0 Å². The van der Waals surface area contributed by atoms with Gasteiger partial charge in [0.05, 0.1) is 10.9 Å². The normalized spacial score (nSPS) is 11.1. The minimum atomic E-state index is -0.237. The number of hydrogen-bond donors (Lipinski definition) is 1. The van der Waals surface area contributed by atoms with Crippen molar-refractivity contribution in [3.63, 3.8) is 0 Å². The summed E-state index contributed by atoms with van der Waals surface area (Å²) in [6.45, 7) is 4.18. The van der Waals surface area contributed by atoms with Gasteiger partial charge in [-0.15, -0.1) is 0 Å². The largest absolute Gasteiger partial charge is 0.334 e. The monoisotopic (exact) mass is 389 g/mol. The zero-order chi connectivity index (χ0) is 16.6. The van der Waals surface area contributed by atoms with E-state index in [1.807, 2.05) is 12.1 Å². The number of fused-ring (bicyclic) bond motifs is 1. The molecule has 3 aromatic rings. The molecular formula is C17H16BrN3OS. The molecule has 3 rings (SSSR count). The van der Waals surface area contributed by atoms with Gasteiger partial charge >= 0.3 is 0 Å². The summed E-state index contributed by atoms with van der Waals surface area (Å²) in [7, 11) is 0. The molecule has 6 heteroatoms. The molecular weight excluding hydrogens is 374 g/mol. The molecule has 118 valence electrons. The molecule has 1 heterocycles. The number of benzene rings is 2.